The van der Waals surface area contributed by atoms with Crippen LogP contribution in [0.25, 0.3) is 0 Å². The van der Waals surface area contributed by atoms with E-state index in [1.54, 1.807) is 24.3 Å². The summed E-state index contributed by atoms with van der Waals surface area (Å²) in [7, 11) is -2.03. The van der Waals surface area contributed by atoms with Gasteiger partial charge in [0.15, 0.2) is 0 Å². The fourth-order valence-corrected chi connectivity index (χ4v) is 2.39. The summed E-state index contributed by atoms with van der Waals surface area (Å²) < 4.78 is 30.7. The van der Waals surface area contributed by atoms with Gasteiger partial charge in [0.05, 0.1) is 11.4 Å². The Morgan fingerprint density at radius 2 is 1.75 bits per heavy atom. The zero-order valence-corrected chi connectivity index (χ0v) is 11.8. The van der Waals surface area contributed by atoms with Gasteiger partial charge in [-0.3, -0.25) is 0 Å². The van der Waals surface area contributed by atoms with Crippen LogP contribution >= 0.6 is 0 Å². The third kappa shape index (κ3) is 3.38. The van der Waals surface area contributed by atoms with Gasteiger partial charge < -0.3 is 14.8 Å². The highest BCUT2D eigenvalue weighted by molar-refractivity contribution is 7.89. The summed E-state index contributed by atoms with van der Waals surface area (Å²) in [5.41, 5.74) is 0.780. The lowest BCUT2D eigenvalue weighted by molar-refractivity contribution is 0.244. The van der Waals surface area contributed by atoms with Crippen molar-refractivity contribution >= 4 is 15.7 Å². The molecule has 6 nitrogen and oxygen atoms in total. The minimum atomic E-state index is -3.41. The average Bonchev–Trinajstić information content (AvgIpc) is 2.93. The molecule has 108 valence electrons. The van der Waals surface area contributed by atoms with Gasteiger partial charge in [-0.1, -0.05) is 0 Å². The molecule has 2 rings (SSSR count). The maximum atomic E-state index is 11.6. The zero-order chi connectivity index (χ0) is 14.6. The first kappa shape index (κ1) is 14.6. The Labute approximate surface area is 117 Å². The lowest BCUT2D eigenvalue weighted by Crippen LogP contribution is -2.18. The third-order valence-corrected chi connectivity index (χ3v) is 4.20. The highest BCUT2D eigenvalue weighted by Gasteiger charge is 2.10. The number of sulfonamides is 1. The number of aliphatic hydroxyl groups is 1. The summed E-state index contributed by atoms with van der Waals surface area (Å²) in [5.74, 6) is 1.21. The summed E-state index contributed by atoms with van der Waals surface area (Å²) in [6, 6.07) is 9.89. The van der Waals surface area contributed by atoms with E-state index < -0.39 is 10.0 Å². The minimum absolute atomic E-state index is 0.128. The maximum absolute atomic E-state index is 11.6. The standard InChI is InChI=1S/C13H16N2O4S/c1-14-20(17,18)13-6-2-10(3-7-13)15-8-11-4-5-12(9-16)19-11/h2-7,14-16H,8-9H2,1H3. The topological polar surface area (TPSA) is 91.6 Å². The number of aliphatic hydroxyl groups excluding tert-OH is 1. The van der Waals surface area contributed by atoms with E-state index in [1.165, 1.54) is 19.2 Å². The van der Waals surface area contributed by atoms with Crippen LogP contribution < -0.4 is 10.0 Å². The van der Waals surface area contributed by atoms with Crippen molar-refractivity contribution in [1.29, 1.82) is 0 Å². The molecular weight excluding hydrogens is 280 g/mol. The average molecular weight is 296 g/mol. The second kappa shape index (κ2) is 6.08. The quantitative estimate of drug-likeness (QED) is 0.747. The van der Waals surface area contributed by atoms with Gasteiger partial charge in [0.1, 0.15) is 18.1 Å². The molecule has 0 amide bonds. The van der Waals surface area contributed by atoms with Gasteiger partial charge in [-0.05, 0) is 43.4 Å². The van der Waals surface area contributed by atoms with Crippen LogP contribution in [-0.4, -0.2) is 20.6 Å². The highest BCUT2D eigenvalue weighted by Crippen LogP contribution is 2.15. The number of rotatable bonds is 6. The van der Waals surface area contributed by atoms with Crippen molar-refractivity contribution in [2.75, 3.05) is 12.4 Å². The molecule has 0 fully saturated rings. The summed E-state index contributed by atoms with van der Waals surface area (Å²) in [6.07, 6.45) is 0. The molecule has 0 spiro atoms. The first-order valence-corrected chi connectivity index (χ1v) is 7.49. The summed E-state index contributed by atoms with van der Waals surface area (Å²) in [4.78, 5) is 0.214. The molecule has 2 aromatic rings. The Kier molecular flexibility index (Phi) is 4.43. The van der Waals surface area contributed by atoms with Crippen molar-refractivity contribution in [3.8, 4) is 0 Å². The molecule has 0 atom stereocenters. The van der Waals surface area contributed by atoms with Gasteiger partial charge >= 0.3 is 0 Å². The molecule has 1 aromatic heterocycles. The van der Waals surface area contributed by atoms with Crippen molar-refractivity contribution in [3.63, 3.8) is 0 Å². The van der Waals surface area contributed by atoms with Crippen LogP contribution in [0.1, 0.15) is 11.5 Å². The van der Waals surface area contributed by atoms with E-state index >= 15 is 0 Å². The molecule has 0 radical (unpaired) electrons. The second-order valence-corrected chi connectivity index (χ2v) is 6.00. The molecule has 0 unspecified atom stereocenters. The Balaban J connectivity index is 2.00. The molecule has 0 saturated heterocycles. The maximum Gasteiger partial charge on any atom is 0.240 e. The van der Waals surface area contributed by atoms with E-state index in [0.717, 1.165) is 5.69 Å². The molecular formula is C13H16N2O4S. The van der Waals surface area contributed by atoms with Crippen molar-refractivity contribution in [1.82, 2.24) is 4.72 Å². The molecule has 0 aliphatic carbocycles. The number of nitrogens with one attached hydrogen (secondary N) is 2. The minimum Gasteiger partial charge on any atom is -0.462 e. The Morgan fingerprint density at radius 3 is 2.30 bits per heavy atom. The number of hydrogen-bond donors (Lipinski definition) is 3. The highest BCUT2D eigenvalue weighted by atomic mass is 32.2. The van der Waals surface area contributed by atoms with E-state index in [1.807, 2.05) is 0 Å². The summed E-state index contributed by atoms with van der Waals surface area (Å²) in [6.45, 7) is 0.328. The molecule has 7 heteroatoms. The number of benzene rings is 1. The van der Waals surface area contributed by atoms with Crippen molar-refractivity contribution in [2.24, 2.45) is 0 Å². The first-order valence-electron chi connectivity index (χ1n) is 6.01. The van der Waals surface area contributed by atoms with E-state index in [9.17, 15) is 8.42 Å². The van der Waals surface area contributed by atoms with E-state index in [0.29, 0.717) is 18.1 Å². The van der Waals surface area contributed by atoms with Gasteiger partial charge in [0, 0.05) is 5.69 Å². The van der Waals surface area contributed by atoms with Gasteiger partial charge in [-0.25, -0.2) is 13.1 Å². The first-order chi connectivity index (χ1) is 9.55. The fraction of sp³-hybridized carbons (Fsp3) is 0.231. The predicted molar refractivity (Wildman–Crippen MR) is 74.6 cm³/mol. The van der Waals surface area contributed by atoms with E-state index in [-0.39, 0.29) is 11.5 Å². The Bertz CT molecular complexity index is 662. The lowest BCUT2D eigenvalue weighted by Gasteiger charge is -2.06. The van der Waals surface area contributed by atoms with Crippen LogP contribution in [0.4, 0.5) is 5.69 Å². The van der Waals surface area contributed by atoms with Crippen LogP contribution in [0.15, 0.2) is 45.7 Å². The molecule has 1 aromatic carbocycles. The summed E-state index contributed by atoms with van der Waals surface area (Å²) >= 11 is 0. The smallest absolute Gasteiger partial charge is 0.240 e. The third-order valence-electron chi connectivity index (χ3n) is 2.77. The van der Waals surface area contributed by atoms with Crippen LogP contribution in [0.5, 0.6) is 0 Å². The van der Waals surface area contributed by atoms with Crippen molar-refractivity contribution in [2.45, 2.75) is 18.0 Å². The molecule has 0 aliphatic heterocycles. The van der Waals surface area contributed by atoms with E-state index in [2.05, 4.69) is 10.0 Å². The normalized spacial score (nSPS) is 11.5. The largest absolute Gasteiger partial charge is 0.462 e. The Hall–Kier alpha value is -1.83. The Morgan fingerprint density at radius 1 is 1.10 bits per heavy atom. The van der Waals surface area contributed by atoms with Gasteiger partial charge in [0.2, 0.25) is 10.0 Å². The van der Waals surface area contributed by atoms with Gasteiger partial charge in [-0.2, -0.15) is 0 Å². The molecule has 0 aliphatic rings. The van der Waals surface area contributed by atoms with Crippen molar-refractivity contribution in [3.05, 3.63) is 47.9 Å². The van der Waals surface area contributed by atoms with Crippen molar-refractivity contribution < 1.29 is 17.9 Å². The van der Waals surface area contributed by atoms with Crippen LogP contribution in [0, 0.1) is 0 Å². The number of hydrogen-bond acceptors (Lipinski definition) is 5. The molecule has 0 bridgehead atoms. The monoisotopic (exact) mass is 296 g/mol. The predicted octanol–water partition coefficient (Wildman–Crippen LogP) is 1.29. The molecule has 1 heterocycles. The van der Waals surface area contributed by atoms with Crippen LogP contribution in [0.2, 0.25) is 0 Å². The van der Waals surface area contributed by atoms with Gasteiger partial charge in [0.25, 0.3) is 0 Å². The van der Waals surface area contributed by atoms with E-state index in [4.69, 9.17) is 9.52 Å². The number of anilines is 1. The van der Waals surface area contributed by atoms with Crippen LogP contribution in [0.3, 0.4) is 0 Å². The lowest BCUT2D eigenvalue weighted by atomic mass is 10.3. The molecule has 0 saturated carbocycles. The van der Waals surface area contributed by atoms with Crippen LogP contribution in [-0.2, 0) is 23.2 Å². The van der Waals surface area contributed by atoms with Gasteiger partial charge in [-0.15, -0.1) is 0 Å². The fourth-order valence-electron chi connectivity index (χ4n) is 1.66. The summed E-state index contributed by atoms with van der Waals surface area (Å²) in [5, 5.41) is 12.0. The molecule has 3 N–H and O–H groups in total. The number of furan rings is 1. The second-order valence-electron chi connectivity index (χ2n) is 4.11. The SMILES string of the molecule is CNS(=O)(=O)c1ccc(NCc2ccc(CO)o2)cc1. The zero-order valence-electron chi connectivity index (χ0n) is 11.0. The molecule has 20 heavy (non-hydrogen) atoms.